The Morgan fingerprint density at radius 1 is 1.33 bits per heavy atom. The molecule has 1 amide bonds. The molecule has 0 spiro atoms. The molecule has 2 aliphatic heterocycles. The van der Waals surface area contributed by atoms with Gasteiger partial charge in [0.1, 0.15) is 11.5 Å². The smallest absolute Gasteiger partial charge is 0.230 e. The van der Waals surface area contributed by atoms with Crippen LogP contribution in [0.2, 0.25) is 0 Å². The van der Waals surface area contributed by atoms with Crippen molar-refractivity contribution in [3.8, 4) is 11.8 Å². The Balaban J connectivity index is 1.59. The number of ether oxygens (including phenoxy) is 1. The van der Waals surface area contributed by atoms with Crippen molar-refractivity contribution in [1.29, 1.82) is 5.26 Å². The Hall–Kier alpha value is -2.85. The molecule has 4 rings (SSSR count). The number of furan rings is 1. The highest BCUT2D eigenvalue weighted by Crippen LogP contribution is 2.43. The van der Waals surface area contributed by atoms with Crippen LogP contribution in [0, 0.1) is 11.3 Å². The van der Waals surface area contributed by atoms with Crippen molar-refractivity contribution in [3.63, 3.8) is 0 Å². The number of amides is 1. The maximum atomic E-state index is 12.8. The van der Waals surface area contributed by atoms with Crippen molar-refractivity contribution in [1.82, 2.24) is 4.90 Å². The second-order valence-electron chi connectivity index (χ2n) is 6.31. The van der Waals surface area contributed by atoms with Crippen molar-refractivity contribution >= 4 is 23.4 Å². The summed E-state index contributed by atoms with van der Waals surface area (Å²) in [6.07, 6.45) is 1.82. The number of nitriles is 1. The topological polar surface area (TPSA) is 69.7 Å². The van der Waals surface area contributed by atoms with Crippen molar-refractivity contribution in [2.45, 2.75) is 19.3 Å². The van der Waals surface area contributed by atoms with Gasteiger partial charge in [-0.3, -0.25) is 9.69 Å². The molecule has 6 nitrogen and oxygen atoms in total. The maximum absolute atomic E-state index is 12.8. The van der Waals surface area contributed by atoms with E-state index in [9.17, 15) is 10.1 Å². The first kappa shape index (κ1) is 17.6. The normalized spacial score (nSPS) is 19.7. The fraction of sp³-hybridized carbons (Fsp3) is 0.300. The van der Waals surface area contributed by atoms with Crippen LogP contribution in [0.3, 0.4) is 0 Å². The van der Waals surface area contributed by atoms with E-state index in [1.54, 1.807) is 17.2 Å². The number of hydrogen-bond donors (Lipinski definition) is 0. The molecule has 0 saturated carbocycles. The highest BCUT2D eigenvalue weighted by atomic mass is 32.2. The van der Waals surface area contributed by atoms with Gasteiger partial charge in [0.05, 0.1) is 48.0 Å². The maximum Gasteiger partial charge on any atom is 0.230 e. The van der Waals surface area contributed by atoms with Crippen LogP contribution < -0.4 is 9.64 Å². The van der Waals surface area contributed by atoms with Crippen LogP contribution in [0.5, 0.6) is 5.75 Å². The first-order valence-corrected chi connectivity index (χ1v) is 9.78. The second kappa shape index (κ2) is 7.41. The van der Waals surface area contributed by atoms with Gasteiger partial charge in [0.15, 0.2) is 0 Å². The van der Waals surface area contributed by atoms with E-state index >= 15 is 0 Å². The summed E-state index contributed by atoms with van der Waals surface area (Å²) >= 11 is 1.52. The lowest BCUT2D eigenvalue weighted by atomic mass is 9.91. The summed E-state index contributed by atoms with van der Waals surface area (Å²) < 4.78 is 11.0. The molecule has 1 fully saturated rings. The number of fused-ring (bicyclic) bond motifs is 1. The zero-order valence-corrected chi connectivity index (χ0v) is 15.7. The summed E-state index contributed by atoms with van der Waals surface area (Å²) in [7, 11) is 0. The Morgan fingerprint density at radius 3 is 2.81 bits per heavy atom. The van der Waals surface area contributed by atoms with Gasteiger partial charge in [-0.25, -0.2) is 0 Å². The number of thioether (sulfide) groups is 1. The molecular formula is C20H19N3O3S. The molecule has 2 aliphatic rings. The fourth-order valence-corrected chi connectivity index (χ4v) is 4.55. The van der Waals surface area contributed by atoms with Crippen LogP contribution in [0.15, 0.2) is 57.7 Å². The van der Waals surface area contributed by atoms with Gasteiger partial charge in [0.2, 0.25) is 5.91 Å². The lowest BCUT2D eigenvalue weighted by Crippen LogP contribution is -2.47. The highest BCUT2D eigenvalue weighted by molar-refractivity contribution is 8.03. The van der Waals surface area contributed by atoms with E-state index in [0.717, 1.165) is 16.5 Å². The third-order valence-corrected chi connectivity index (χ3v) is 5.85. The standard InChI is InChI=1S/C20H19N3O3S/c1-2-25-15-7-5-14(6-8-15)22-12-23-19(24)10-16(18-4-3-9-26-18)17(11-21)20(23)27-13-22/h3-9,16H,2,10,12-13H2,1H3. The Labute approximate surface area is 162 Å². The predicted octanol–water partition coefficient (Wildman–Crippen LogP) is 3.90. The number of benzene rings is 1. The van der Waals surface area contributed by atoms with Gasteiger partial charge in [-0.15, -0.1) is 0 Å². The summed E-state index contributed by atoms with van der Waals surface area (Å²) in [6.45, 7) is 3.02. The van der Waals surface area contributed by atoms with E-state index in [-0.39, 0.29) is 18.2 Å². The molecule has 1 aromatic carbocycles. The minimum Gasteiger partial charge on any atom is -0.494 e. The molecule has 1 atom stereocenters. The van der Waals surface area contributed by atoms with Crippen LogP contribution in [-0.2, 0) is 4.79 Å². The van der Waals surface area contributed by atoms with Gasteiger partial charge in [0, 0.05) is 12.1 Å². The summed E-state index contributed by atoms with van der Waals surface area (Å²) in [5.41, 5.74) is 1.63. The number of rotatable bonds is 4. The van der Waals surface area contributed by atoms with E-state index in [1.807, 2.05) is 37.3 Å². The molecule has 0 bridgehead atoms. The van der Waals surface area contributed by atoms with Gasteiger partial charge >= 0.3 is 0 Å². The van der Waals surface area contributed by atoms with Gasteiger partial charge in [-0.2, -0.15) is 5.26 Å². The molecular weight excluding hydrogens is 362 g/mol. The predicted molar refractivity (Wildman–Crippen MR) is 103 cm³/mol. The van der Waals surface area contributed by atoms with Crippen LogP contribution in [0.1, 0.15) is 25.0 Å². The van der Waals surface area contributed by atoms with E-state index in [1.165, 1.54) is 11.8 Å². The summed E-state index contributed by atoms with van der Waals surface area (Å²) in [5.74, 6) is 1.88. The zero-order chi connectivity index (χ0) is 18.8. The molecule has 3 heterocycles. The number of anilines is 1. The Bertz CT molecular complexity index is 900. The lowest BCUT2D eigenvalue weighted by molar-refractivity contribution is -0.130. The first-order valence-electron chi connectivity index (χ1n) is 8.80. The SMILES string of the molecule is CCOc1ccc(N2CSC3=C(C#N)C(c4ccco4)CC(=O)N3C2)cc1. The molecule has 0 N–H and O–H groups in total. The lowest BCUT2D eigenvalue weighted by Gasteiger charge is -2.41. The van der Waals surface area contributed by atoms with Crippen LogP contribution in [0.25, 0.3) is 0 Å². The summed E-state index contributed by atoms with van der Waals surface area (Å²) in [5, 5.41) is 10.5. The van der Waals surface area contributed by atoms with Crippen molar-refractivity contribution in [2.24, 2.45) is 0 Å². The van der Waals surface area contributed by atoms with Gasteiger partial charge in [-0.05, 0) is 43.3 Å². The summed E-state index contributed by atoms with van der Waals surface area (Å²) in [4.78, 5) is 16.6. The molecule has 1 unspecified atom stereocenters. The third-order valence-electron chi connectivity index (χ3n) is 4.69. The number of allylic oxidation sites excluding steroid dienone is 1. The second-order valence-corrected chi connectivity index (χ2v) is 7.24. The van der Waals surface area contributed by atoms with Gasteiger partial charge in [0.25, 0.3) is 0 Å². The Kier molecular flexibility index (Phi) is 4.82. The average Bonchev–Trinajstić information content (AvgIpc) is 3.23. The molecule has 0 aliphatic carbocycles. The van der Waals surface area contributed by atoms with Gasteiger partial charge < -0.3 is 14.1 Å². The van der Waals surface area contributed by atoms with Crippen molar-refractivity contribution < 1.29 is 13.9 Å². The number of carbonyl (C=O) groups is 1. The number of nitrogens with zero attached hydrogens (tertiary/aromatic N) is 3. The van der Waals surface area contributed by atoms with Crippen molar-refractivity contribution in [3.05, 3.63) is 59.0 Å². The molecule has 27 heavy (non-hydrogen) atoms. The monoisotopic (exact) mass is 381 g/mol. The molecule has 1 aromatic heterocycles. The van der Waals surface area contributed by atoms with E-state index in [0.29, 0.717) is 30.5 Å². The van der Waals surface area contributed by atoms with Gasteiger partial charge in [-0.1, -0.05) is 11.8 Å². The van der Waals surface area contributed by atoms with E-state index in [4.69, 9.17) is 9.15 Å². The molecule has 7 heteroatoms. The minimum atomic E-state index is -0.298. The van der Waals surface area contributed by atoms with E-state index < -0.39 is 0 Å². The van der Waals surface area contributed by atoms with Crippen LogP contribution >= 0.6 is 11.8 Å². The fourth-order valence-electron chi connectivity index (χ4n) is 3.38. The Morgan fingerprint density at radius 2 is 2.15 bits per heavy atom. The molecule has 0 radical (unpaired) electrons. The quantitative estimate of drug-likeness (QED) is 0.800. The number of hydrogen-bond acceptors (Lipinski definition) is 6. The van der Waals surface area contributed by atoms with E-state index in [2.05, 4.69) is 11.0 Å². The van der Waals surface area contributed by atoms with Crippen molar-refractivity contribution in [2.75, 3.05) is 24.1 Å². The van der Waals surface area contributed by atoms with Crippen LogP contribution in [-0.4, -0.2) is 30.0 Å². The zero-order valence-electron chi connectivity index (χ0n) is 14.9. The minimum absolute atomic E-state index is 0.00790. The highest BCUT2D eigenvalue weighted by Gasteiger charge is 2.39. The van der Waals surface area contributed by atoms with Crippen LogP contribution in [0.4, 0.5) is 5.69 Å². The molecule has 138 valence electrons. The first-order chi connectivity index (χ1) is 13.2. The third kappa shape index (κ3) is 3.28. The molecule has 1 saturated heterocycles. The number of carbonyl (C=O) groups excluding carboxylic acids is 1. The molecule has 2 aromatic rings. The largest absolute Gasteiger partial charge is 0.494 e. The summed E-state index contributed by atoms with van der Waals surface area (Å²) in [6, 6.07) is 13.8. The average molecular weight is 381 g/mol.